The molecule has 0 aromatic heterocycles. The van der Waals surface area contributed by atoms with Crippen molar-refractivity contribution in [3.63, 3.8) is 0 Å². The molecule has 0 heterocycles. The molecule has 0 amide bonds. The van der Waals surface area contributed by atoms with E-state index in [0.29, 0.717) is 5.11 Å². The molecule has 76 valence electrons. The Morgan fingerprint density at radius 2 is 2.14 bits per heavy atom. The topological polar surface area (TPSA) is 24.1 Å². The van der Waals surface area contributed by atoms with E-state index in [0.717, 1.165) is 18.2 Å². The van der Waals surface area contributed by atoms with Gasteiger partial charge in [-0.2, -0.15) is 0 Å². The molecule has 1 rings (SSSR count). The molecule has 0 aliphatic rings. The molecule has 0 bridgehead atoms. The standard InChI is InChI=1S/C9H10F2N2S/c1-12-9(14)13-5-6-4-7(10)2-3-8(6)11/h2-4H,5H2,1H3,(H2,12,13,14). The molecule has 0 radical (unpaired) electrons. The molecule has 14 heavy (non-hydrogen) atoms. The van der Waals surface area contributed by atoms with Crippen molar-refractivity contribution in [1.29, 1.82) is 0 Å². The summed E-state index contributed by atoms with van der Waals surface area (Å²) in [6.45, 7) is 0.170. The quantitative estimate of drug-likeness (QED) is 0.734. The summed E-state index contributed by atoms with van der Waals surface area (Å²) >= 11 is 4.79. The van der Waals surface area contributed by atoms with Gasteiger partial charge in [-0.25, -0.2) is 8.78 Å². The molecule has 5 heteroatoms. The van der Waals surface area contributed by atoms with Gasteiger partial charge in [-0.3, -0.25) is 0 Å². The van der Waals surface area contributed by atoms with Crippen molar-refractivity contribution in [3.8, 4) is 0 Å². The van der Waals surface area contributed by atoms with Crippen LogP contribution in [0, 0.1) is 11.6 Å². The van der Waals surface area contributed by atoms with Gasteiger partial charge < -0.3 is 10.6 Å². The van der Waals surface area contributed by atoms with Crippen molar-refractivity contribution in [2.45, 2.75) is 6.54 Å². The summed E-state index contributed by atoms with van der Waals surface area (Å²) in [6, 6.07) is 3.31. The maximum absolute atomic E-state index is 13.1. The Labute approximate surface area is 86.3 Å². The maximum Gasteiger partial charge on any atom is 0.166 e. The lowest BCUT2D eigenvalue weighted by Gasteiger charge is -2.07. The van der Waals surface area contributed by atoms with Crippen LogP contribution in [-0.2, 0) is 6.54 Å². The fourth-order valence-corrected chi connectivity index (χ4v) is 1.01. The lowest BCUT2D eigenvalue weighted by Crippen LogP contribution is -2.32. The van der Waals surface area contributed by atoms with Gasteiger partial charge in [-0.05, 0) is 30.4 Å². The van der Waals surface area contributed by atoms with Gasteiger partial charge in [0.25, 0.3) is 0 Å². The molecule has 0 aliphatic carbocycles. The SMILES string of the molecule is CNC(=S)NCc1cc(F)ccc1F. The third-order valence-electron chi connectivity index (χ3n) is 1.67. The van der Waals surface area contributed by atoms with Gasteiger partial charge in [0.05, 0.1) is 0 Å². The number of nitrogens with one attached hydrogen (secondary N) is 2. The number of benzene rings is 1. The van der Waals surface area contributed by atoms with Crippen LogP contribution in [0.1, 0.15) is 5.56 Å². The highest BCUT2D eigenvalue weighted by Gasteiger charge is 2.03. The summed E-state index contributed by atoms with van der Waals surface area (Å²) in [5.41, 5.74) is 0.252. The van der Waals surface area contributed by atoms with E-state index in [1.165, 1.54) is 0 Å². The number of rotatable bonds is 2. The lowest BCUT2D eigenvalue weighted by atomic mass is 10.2. The molecule has 0 saturated heterocycles. The molecule has 1 aromatic carbocycles. The summed E-state index contributed by atoms with van der Waals surface area (Å²) in [5, 5.41) is 5.80. The highest BCUT2D eigenvalue weighted by Crippen LogP contribution is 2.08. The molecule has 0 spiro atoms. The predicted octanol–water partition coefficient (Wildman–Crippen LogP) is 1.56. The average Bonchev–Trinajstić information content (AvgIpc) is 2.19. The first-order chi connectivity index (χ1) is 6.63. The summed E-state index contributed by atoms with van der Waals surface area (Å²) in [6.07, 6.45) is 0. The Balaban J connectivity index is 2.66. The van der Waals surface area contributed by atoms with Crippen LogP contribution < -0.4 is 10.6 Å². The largest absolute Gasteiger partial charge is 0.366 e. The second-order valence-electron chi connectivity index (χ2n) is 2.67. The van der Waals surface area contributed by atoms with E-state index in [1.54, 1.807) is 7.05 Å². The summed E-state index contributed by atoms with van der Waals surface area (Å²) in [4.78, 5) is 0. The third-order valence-corrected chi connectivity index (χ3v) is 2.02. The minimum Gasteiger partial charge on any atom is -0.366 e. The molecule has 2 N–H and O–H groups in total. The Hall–Kier alpha value is -1.23. The maximum atomic E-state index is 13.1. The Bertz CT molecular complexity index is 342. The fraction of sp³-hybridized carbons (Fsp3) is 0.222. The first-order valence-corrected chi connectivity index (χ1v) is 4.44. The summed E-state index contributed by atoms with van der Waals surface area (Å²) in [5.74, 6) is -0.906. The van der Waals surface area contributed by atoms with Crippen LogP contribution >= 0.6 is 12.2 Å². The predicted molar refractivity (Wildman–Crippen MR) is 54.9 cm³/mol. The highest BCUT2D eigenvalue weighted by atomic mass is 32.1. The van der Waals surface area contributed by atoms with Gasteiger partial charge in [0, 0.05) is 19.2 Å². The number of hydrogen-bond donors (Lipinski definition) is 2. The number of hydrogen-bond acceptors (Lipinski definition) is 1. The Morgan fingerprint density at radius 3 is 2.79 bits per heavy atom. The molecule has 0 aliphatic heterocycles. The Kier molecular flexibility index (Phi) is 3.76. The molecule has 0 saturated carbocycles. The molecule has 0 unspecified atom stereocenters. The smallest absolute Gasteiger partial charge is 0.166 e. The van der Waals surface area contributed by atoms with E-state index in [4.69, 9.17) is 12.2 Å². The summed E-state index contributed by atoms with van der Waals surface area (Å²) < 4.78 is 25.8. The van der Waals surface area contributed by atoms with Gasteiger partial charge in [0.15, 0.2) is 5.11 Å². The van der Waals surface area contributed by atoms with Gasteiger partial charge in [0.2, 0.25) is 0 Å². The van der Waals surface area contributed by atoms with Gasteiger partial charge in [0.1, 0.15) is 11.6 Å². The second-order valence-corrected chi connectivity index (χ2v) is 3.08. The molecule has 0 fully saturated rings. The van der Waals surface area contributed by atoms with Crippen LogP contribution in [0.4, 0.5) is 8.78 Å². The minimum absolute atomic E-state index is 0.170. The van der Waals surface area contributed by atoms with Crippen LogP contribution in [0.5, 0.6) is 0 Å². The molecule has 1 aromatic rings. The van der Waals surface area contributed by atoms with E-state index in [9.17, 15) is 8.78 Å². The van der Waals surface area contributed by atoms with Crippen molar-refractivity contribution >= 4 is 17.3 Å². The molecular weight excluding hydrogens is 206 g/mol. The minimum atomic E-state index is -0.460. The number of halogens is 2. The van der Waals surface area contributed by atoms with E-state index in [2.05, 4.69) is 10.6 Å². The average molecular weight is 216 g/mol. The van der Waals surface area contributed by atoms with Crippen LogP contribution in [-0.4, -0.2) is 12.2 Å². The molecule has 2 nitrogen and oxygen atoms in total. The van der Waals surface area contributed by atoms with Crippen molar-refractivity contribution in [2.75, 3.05) is 7.05 Å². The van der Waals surface area contributed by atoms with Crippen molar-refractivity contribution in [1.82, 2.24) is 10.6 Å². The third kappa shape index (κ3) is 2.92. The van der Waals surface area contributed by atoms with Crippen molar-refractivity contribution < 1.29 is 8.78 Å². The van der Waals surface area contributed by atoms with Crippen LogP contribution in [0.25, 0.3) is 0 Å². The first-order valence-electron chi connectivity index (χ1n) is 4.03. The fourth-order valence-electron chi connectivity index (χ4n) is 0.943. The zero-order valence-corrected chi connectivity index (χ0v) is 8.42. The van der Waals surface area contributed by atoms with E-state index >= 15 is 0 Å². The van der Waals surface area contributed by atoms with Crippen molar-refractivity contribution in [2.24, 2.45) is 0 Å². The normalized spacial score (nSPS) is 9.64. The monoisotopic (exact) mass is 216 g/mol. The lowest BCUT2D eigenvalue weighted by molar-refractivity contribution is 0.582. The van der Waals surface area contributed by atoms with E-state index in [1.807, 2.05) is 0 Å². The zero-order valence-electron chi connectivity index (χ0n) is 7.60. The van der Waals surface area contributed by atoms with Crippen LogP contribution in [0.2, 0.25) is 0 Å². The van der Waals surface area contributed by atoms with Gasteiger partial charge in [-0.1, -0.05) is 0 Å². The number of thiocarbonyl (C=S) groups is 1. The summed E-state index contributed by atoms with van der Waals surface area (Å²) in [7, 11) is 1.65. The molecule has 0 atom stereocenters. The van der Waals surface area contributed by atoms with Crippen LogP contribution in [0.3, 0.4) is 0 Å². The van der Waals surface area contributed by atoms with Crippen LogP contribution in [0.15, 0.2) is 18.2 Å². The Morgan fingerprint density at radius 1 is 1.43 bits per heavy atom. The van der Waals surface area contributed by atoms with Crippen molar-refractivity contribution in [3.05, 3.63) is 35.4 Å². The van der Waals surface area contributed by atoms with Gasteiger partial charge >= 0.3 is 0 Å². The van der Waals surface area contributed by atoms with Gasteiger partial charge in [-0.15, -0.1) is 0 Å². The highest BCUT2D eigenvalue weighted by molar-refractivity contribution is 7.80. The zero-order chi connectivity index (χ0) is 10.6. The van der Waals surface area contributed by atoms with E-state index in [-0.39, 0.29) is 12.1 Å². The second kappa shape index (κ2) is 4.85. The first kappa shape index (κ1) is 10.8. The van der Waals surface area contributed by atoms with E-state index < -0.39 is 11.6 Å². The molecular formula is C9H10F2N2S.